The van der Waals surface area contributed by atoms with Crippen LogP contribution in [0.5, 0.6) is 0 Å². The summed E-state index contributed by atoms with van der Waals surface area (Å²) < 4.78 is -0.565. The summed E-state index contributed by atoms with van der Waals surface area (Å²) in [4.78, 5) is 13.6. The van der Waals surface area contributed by atoms with Gasteiger partial charge >= 0.3 is 0 Å². The number of benzene rings is 1. The molecule has 1 rings (SSSR count). The molecular formula is C12H14BrCl2NO. The van der Waals surface area contributed by atoms with E-state index < -0.39 is 4.32 Å². The molecule has 0 aliphatic heterocycles. The number of alkyl halides is 1. The standard InChI is InChI=1S/C12H14BrCl2NO/c1-12(2,13)11(17)16(3)7-8-4-9(14)6-10(15)5-8/h4-6H,7H2,1-3H3. The van der Waals surface area contributed by atoms with Crippen molar-refractivity contribution in [3.63, 3.8) is 0 Å². The Labute approximate surface area is 120 Å². The van der Waals surface area contributed by atoms with Crippen molar-refractivity contribution in [2.75, 3.05) is 7.05 Å². The third-order valence-corrected chi connectivity index (χ3v) is 2.97. The fourth-order valence-corrected chi connectivity index (χ4v) is 2.38. The monoisotopic (exact) mass is 337 g/mol. The van der Waals surface area contributed by atoms with Gasteiger partial charge in [0.1, 0.15) is 0 Å². The first kappa shape index (κ1) is 14.8. The minimum atomic E-state index is -0.565. The molecule has 1 aromatic carbocycles. The first-order valence-electron chi connectivity index (χ1n) is 5.09. The number of nitrogens with zero attached hydrogens (tertiary/aromatic N) is 1. The van der Waals surface area contributed by atoms with Crippen LogP contribution in [0, 0.1) is 0 Å². The van der Waals surface area contributed by atoms with Gasteiger partial charge in [0.15, 0.2) is 0 Å². The van der Waals surface area contributed by atoms with Gasteiger partial charge in [0.05, 0.1) is 4.32 Å². The highest BCUT2D eigenvalue weighted by molar-refractivity contribution is 9.10. The molecule has 0 saturated heterocycles. The number of hydrogen-bond donors (Lipinski definition) is 0. The Morgan fingerprint density at radius 2 is 1.76 bits per heavy atom. The van der Waals surface area contributed by atoms with Crippen LogP contribution in [0.25, 0.3) is 0 Å². The highest BCUT2D eigenvalue weighted by atomic mass is 79.9. The minimum absolute atomic E-state index is 0.00796. The van der Waals surface area contributed by atoms with Crippen molar-refractivity contribution >= 4 is 45.0 Å². The molecule has 0 N–H and O–H groups in total. The van der Waals surface area contributed by atoms with E-state index in [1.165, 1.54) is 0 Å². The van der Waals surface area contributed by atoms with Crippen molar-refractivity contribution in [2.24, 2.45) is 0 Å². The van der Waals surface area contributed by atoms with Crippen LogP contribution in [0.1, 0.15) is 19.4 Å². The lowest BCUT2D eigenvalue weighted by atomic mass is 10.1. The van der Waals surface area contributed by atoms with E-state index in [1.807, 2.05) is 13.8 Å². The van der Waals surface area contributed by atoms with Gasteiger partial charge in [0.25, 0.3) is 0 Å². The molecule has 0 bridgehead atoms. The molecular weight excluding hydrogens is 325 g/mol. The molecule has 0 saturated carbocycles. The van der Waals surface area contributed by atoms with Crippen LogP contribution in [0.3, 0.4) is 0 Å². The van der Waals surface area contributed by atoms with E-state index in [9.17, 15) is 4.79 Å². The lowest BCUT2D eigenvalue weighted by molar-refractivity contribution is -0.131. The summed E-state index contributed by atoms with van der Waals surface area (Å²) in [5, 5.41) is 1.15. The fraction of sp³-hybridized carbons (Fsp3) is 0.417. The first-order chi connectivity index (χ1) is 7.70. The van der Waals surface area contributed by atoms with E-state index in [-0.39, 0.29) is 5.91 Å². The topological polar surface area (TPSA) is 20.3 Å². The van der Waals surface area contributed by atoms with Crippen LogP contribution in [-0.4, -0.2) is 22.2 Å². The third kappa shape index (κ3) is 4.49. The van der Waals surface area contributed by atoms with E-state index in [0.717, 1.165) is 5.56 Å². The highest BCUT2D eigenvalue weighted by Gasteiger charge is 2.26. The molecule has 2 nitrogen and oxygen atoms in total. The third-order valence-electron chi connectivity index (χ3n) is 2.20. The maximum Gasteiger partial charge on any atom is 0.238 e. The van der Waals surface area contributed by atoms with Crippen LogP contribution < -0.4 is 0 Å². The van der Waals surface area contributed by atoms with Crippen LogP contribution in [0.15, 0.2) is 18.2 Å². The zero-order valence-electron chi connectivity index (χ0n) is 9.93. The molecule has 0 unspecified atom stereocenters. The van der Waals surface area contributed by atoms with E-state index in [0.29, 0.717) is 16.6 Å². The zero-order valence-corrected chi connectivity index (χ0v) is 13.0. The van der Waals surface area contributed by atoms with Crippen molar-refractivity contribution in [3.05, 3.63) is 33.8 Å². The Hall–Kier alpha value is -0.250. The number of carbonyl (C=O) groups is 1. The zero-order chi connectivity index (χ0) is 13.2. The molecule has 94 valence electrons. The lowest BCUT2D eigenvalue weighted by Crippen LogP contribution is -2.38. The van der Waals surface area contributed by atoms with Crippen LogP contribution in [0.2, 0.25) is 10.0 Å². The molecule has 5 heteroatoms. The largest absolute Gasteiger partial charge is 0.340 e. The van der Waals surface area contributed by atoms with Crippen LogP contribution >= 0.6 is 39.1 Å². The molecule has 0 fully saturated rings. The molecule has 0 aliphatic rings. The molecule has 0 spiro atoms. The molecule has 1 amide bonds. The predicted octanol–water partition coefficient (Wildman–Crippen LogP) is 4.13. The summed E-state index contributed by atoms with van der Waals surface area (Å²) in [7, 11) is 1.75. The SMILES string of the molecule is CN(Cc1cc(Cl)cc(Cl)c1)C(=O)C(C)(C)Br. The van der Waals surface area contributed by atoms with Gasteiger partial charge in [-0.05, 0) is 37.6 Å². The van der Waals surface area contributed by atoms with E-state index in [4.69, 9.17) is 23.2 Å². The van der Waals surface area contributed by atoms with Gasteiger partial charge < -0.3 is 4.90 Å². The van der Waals surface area contributed by atoms with Crippen molar-refractivity contribution in [2.45, 2.75) is 24.7 Å². The second-order valence-corrected chi connectivity index (χ2v) is 7.27. The molecule has 0 heterocycles. The lowest BCUT2D eigenvalue weighted by Gasteiger charge is -2.24. The van der Waals surface area contributed by atoms with E-state index >= 15 is 0 Å². The van der Waals surface area contributed by atoms with Crippen molar-refractivity contribution in [1.29, 1.82) is 0 Å². The number of hydrogen-bond acceptors (Lipinski definition) is 1. The van der Waals surface area contributed by atoms with Crippen molar-refractivity contribution in [3.8, 4) is 0 Å². The van der Waals surface area contributed by atoms with Crippen molar-refractivity contribution in [1.82, 2.24) is 4.90 Å². The number of halogens is 3. The average Bonchev–Trinajstić information content (AvgIpc) is 2.13. The Kier molecular flexibility index (Phi) is 4.87. The number of rotatable bonds is 3. The summed E-state index contributed by atoms with van der Waals surface area (Å²) in [6, 6.07) is 5.28. The smallest absolute Gasteiger partial charge is 0.238 e. The summed E-state index contributed by atoms with van der Waals surface area (Å²) >= 11 is 15.2. The maximum atomic E-state index is 12.0. The van der Waals surface area contributed by atoms with Crippen LogP contribution in [0.4, 0.5) is 0 Å². The fourth-order valence-electron chi connectivity index (χ4n) is 1.50. The van der Waals surface area contributed by atoms with E-state index in [2.05, 4.69) is 15.9 Å². The molecule has 0 atom stereocenters. The van der Waals surface area contributed by atoms with Gasteiger partial charge in [-0.3, -0.25) is 4.79 Å². The summed E-state index contributed by atoms with van der Waals surface area (Å²) in [6.07, 6.45) is 0. The number of amides is 1. The van der Waals surface area contributed by atoms with E-state index in [1.54, 1.807) is 30.1 Å². The summed E-state index contributed by atoms with van der Waals surface area (Å²) in [6.45, 7) is 4.11. The van der Waals surface area contributed by atoms with Crippen LogP contribution in [-0.2, 0) is 11.3 Å². The molecule has 17 heavy (non-hydrogen) atoms. The van der Waals surface area contributed by atoms with Gasteiger partial charge in [-0.1, -0.05) is 39.1 Å². The Morgan fingerprint density at radius 1 is 1.29 bits per heavy atom. The minimum Gasteiger partial charge on any atom is -0.340 e. The van der Waals surface area contributed by atoms with Gasteiger partial charge in [0.2, 0.25) is 5.91 Å². The average molecular weight is 339 g/mol. The molecule has 0 radical (unpaired) electrons. The van der Waals surface area contributed by atoms with Crippen molar-refractivity contribution < 1.29 is 4.79 Å². The Bertz CT molecular complexity index is 409. The second-order valence-electron chi connectivity index (χ2n) is 4.41. The first-order valence-corrected chi connectivity index (χ1v) is 6.64. The Morgan fingerprint density at radius 3 is 2.18 bits per heavy atom. The summed E-state index contributed by atoms with van der Waals surface area (Å²) in [5.74, 6) is 0.00796. The Balaban J connectivity index is 2.81. The van der Waals surface area contributed by atoms with Gasteiger partial charge in [-0.25, -0.2) is 0 Å². The summed E-state index contributed by atoms with van der Waals surface area (Å²) in [5.41, 5.74) is 0.912. The molecule has 0 aliphatic carbocycles. The number of carbonyl (C=O) groups excluding carboxylic acids is 1. The van der Waals surface area contributed by atoms with Gasteiger partial charge in [0, 0.05) is 23.6 Å². The molecule has 0 aromatic heterocycles. The predicted molar refractivity (Wildman–Crippen MR) is 75.9 cm³/mol. The highest BCUT2D eigenvalue weighted by Crippen LogP contribution is 2.22. The second kappa shape index (κ2) is 5.59. The normalized spacial score (nSPS) is 11.4. The maximum absolute atomic E-state index is 12.0. The van der Waals surface area contributed by atoms with Gasteiger partial charge in [-0.2, -0.15) is 0 Å². The van der Waals surface area contributed by atoms with Gasteiger partial charge in [-0.15, -0.1) is 0 Å². The quantitative estimate of drug-likeness (QED) is 0.759. The molecule has 1 aromatic rings.